The van der Waals surface area contributed by atoms with Crippen LogP contribution in [0.3, 0.4) is 0 Å². The average molecular weight is 663 g/mol. The lowest BCUT2D eigenvalue weighted by Crippen LogP contribution is -2.45. The zero-order valence-corrected chi connectivity index (χ0v) is 32.0. The smallest absolute Gasteiger partial charge is 0.305 e. The molecular weight excluding hydrogens is 582 g/mol. The quantitative estimate of drug-likeness (QED) is 0.0290. The van der Waals surface area contributed by atoms with Crippen molar-refractivity contribution in [3.8, 4) is 0 Å². The molecule has 0 saturated carbocycles. The van der Waals surface area contributed by atoms with Gasteiger partial charge in [-0.3, -0.25) is 9.59 Å². The molecule has 0 N–H and O–H groups in total. The van der Waals surface area contributed by atoms with Crippen molar-refractivity contribution in [2.75, 3.05) is 40.4 Å². The number of quaternary nitrogens is 1. The fourth-order valence-corrected chi connectivity index (χ4v) is 5.75. The van der Waals surface area contributed by atoms with Gasteiger partial charge in [-0.05, 0) is 64.2 Å². The second-order valence-electron chi connectivity index (χ2n) is 14.5. The number of likely N-dealkylation sites (N-methyl/N-ethyl adjacent to an activating group) is 1. The van der Waals surface area contributed by atoms with Crippen LogP contribution >= 0.6 is 0 Å². The molecule has 0 aliphatic rings. The van der Waals surface area contributed by atoms with Crippen LogP contribution in [0.1, 0.15) is 194 Å². The number of ether oxygens (including phenoxy) is 2. The van der Waals surface area contributed by atoms with Crippen molar-refractivity contribution in [1.82, 2.24) is 0 Å². The van der Waals surface area contributed by atoms with Gasteiger partial charge in [0, 0.05) is 12.8 Å². The molecule has 5 heteroatoms. The molecule has 0 unspecified atom stereocenters. The number of esters is 2. The SMILES string of the molecule is CCCCCCCCC=CCCCCCCCC(=O)OCC[N+](C)(C)CCOC(=O)CCCCCCCC=CCCCCCCCC. The summed E-state index contributed by atoms with van der Waals surface area (Å²) in [4.78, 5) is 24.3. The van der Waals surface area contributed by atoms with Crippen LogP contribution in [-0.4, -0.2) is 56.8 Å². The van der Waals surface area contributed by atoms with Gasteiger partial charge in [0.2, 0.25) is 0 Å². The van der Waals surface area contributed by atoms with Gasteiger partial charge in [-0.25, -0.2) is 0 Å². The van der Waals surface area contributed by atoms with E-state index in [4.69, 9.17) is 9.47 Å². The van der Waals surface area contributed by atoms with Gasteiger partial charge in [-0.15, -0.1) is 0 Å². The molecule has 276 valence electrons. The fraction of sp³-hybridized carbons (Fsp3) is 0.857. The molecule has 0 bridgehead atoms. The number of rotatable bonds is 36. The summed E-state index contributed by atoms with van der Waals surface area (Å²) in [6, 6.07) is 0. The highest BCUT2D eigenvalue weighted by molar-refractivity contribution is 5.69. The Bertz CT molecular complexity index is 685. The lowest BCUT2D eigenvalue weighted by atomic mass is 10.1. The Labute approximate surface area is 293 Å². The average Bonchev–Trinajstić information content (AvgIpc) is 3.04. The van der Waals surface area contributed by atoms with Crippen molar-refractivity contribution in [2.45, 2.75) is 194 Å². The minimum atomic E-state index is -0.0889. The van der Waals surface area contributed by atoms with Crippen LogP contribution in [0.15, 0.2) is 24.3 Å². The minimum Gasteiger partial charge on any atom is -0.460 e. The molecule has 0 fully saturated rings. The summed E-state index contributed by atoms with van der Waals surface area (Å²) in [6.45, 7) is 6.82. The first-order valence-electron chi connectivity index (χ1n) is 20.3. The van der Waals surface area contributed by atoms with Crippen LogP contribution in [0.25, 0.3) is 0 Å². The van der Waals surface area contributed by atoms with Crippen molar-refractivity contribution in [3.05, 3.63) is 24.3 Å². The van der Waals surface area contributed by atoms with Crippen LogP contribution in [0.2, 0.25) is 0 Å². The van der Waals surface area contributed by atoms with Gasteiger partial charge in [0.1, 0.15) is 26.3 Å². The Kier molecular flexibility index (Phi) is 34.5. The number of carbonyl (C=O) groups excluding carboxylic acids is 2. The summed E-state index contributed by atoms with van der Waals surface area (Å²) in [5.74, 6) is -0.178. The Morgan fingerprint density at radius 3 is 1.02 bits per heavy atom. The van der Waals surface area contributed by atoms with Gasteiger partial charge >= 0.3 is 11.9 Å². The topological polar surface area (TPSA) is 52.6 Å². The Balaban J connectivity index is 3.55. The highest BCUT2D eigenvalue weighted by atomic mass is 16.5. The van der Waals surface area contributed by atoms with E-state index in [2.05, 4.69) is 52.2 Å². The molecule has 0 aromatic carbocycles. The van der Waals surface area contributed by atoms with Crippen LogP contribution < -0.4 is 0 Å². The third-order valence-corrected chi connectivity index (χ3v) is 9.20. The molecule has 0 aromatic heterocycles. The maximum atomic E-state index is 12.1. The van der Waals surface area contributed by atoms with Crippen LogP contribution in [0.5, 0.6) is 0 Å². The standard InChI is InChI=1S/C42H80NO4/c1-5-7-9-11-13-15-17-19-21-23-25-27-29-31-33-35-41(44)46-39-37-43(3,4)38-40-47-42(45)36-34-32-30-28-26-24-22-20-18-16-14-12-10-8-6-2/h19-22H,5-18,23-40H2,1-4H3/q+1. The zero-order valence-electron chi connectivity index (χ0n) is 32.0. The van der Waals surface area contributed by atoms with E-state index in [1.165, 1.54) is 141 Å². The highest BCUT2D eigenvalue weighted by Crippen LogP contribution is 2.12. The number of nitrogens with zero attached hydrogens (tertiary/aromatic N) is 1. The molecule has 0 rings (SSSR count). The molecule has 0 aromatic rings. The van der Waals surface area contributed by atoms with Crippen LogP contribution in [0, 0.1) is 0 Å². The number of allylic oxidation sites excluding steroid dienone is 4. The Hall–Kier alpha value is -1.62. The van der Waals surface area contributed by atoms with E-state index < -0.39 is 0 Å². The van der Waals surface area contributed by atoms with E-state index in [-0.39, 0.29) is 11.9 Å². The summed E-state index contributed by atoms with van der Waals surface area (Å²) >= 11 is 0. The molecule has 0 atom stereocenters. The number of hydrogen-bond donors (Lipinski definition) is 0. The molecule has 0 spiro atoms. The predicted octanol–water partition coefficient (Wildman–Crippen LogP) is 12.2. The molecule has 0 amide bonds. The molecule has 0 heterocycles. The van der Waals surface area contributed by atoms with Crippen molar-refractivity contribution in [2.24, 2.45) is 0 Å². The normalized spacial score (nSPS) is 12.0. The maximum absolute atomic E-state index is 12.1. The summed E-state index contributed by atoms with van der Waals surface area (Å²) in [7, 11) is 4.19. The van der Waals surface area contributed by atoms with Gasteiger partial charge in [-0.1, -0.05) is 141 Å². The molecule has 0 aliphatic heterocycles. The van der Waals surface area contributed by atoms with Gasteiger partial charge < -0.3 is 14.0 Å². The molecule has 0 saturated heterocycles. The van der Waals surface area contributed by atoms with E-state index in [9.17, 15) is 9.59 Å². The van der Waals surface area contributed by atoms with Gasteiger partial charge in [0.15, 0.2) is 0 Å². The second kappa shape index (κ2) is 35.7. The third-order valence-electron chi connectivity index (χ3n) is 9.20. The fourth-order valence-electron chi connectivity index (χ4n) is 5.75. The van der Waals surface area contributed by atoms with Crippen molar-refractivity contribution in [1.29, 1.82) is 0 Å². The van der Waals surface area contributed by atoms with Crippen LogP contribution in [-0.2, 0) is 19.1 Å². The highest BCUT2D eigenvalue weighted by Gasteiger charge is 2.17. The Morgan fingerprint density at radius 1 is 0.426 bits per heavy atom. The lowest BCUT2D eigenvalue weighted by Gasteiger charge is -2.29. The predicted molar refractivity (Wildman–Crippen MR) is 203 cm³/mol. The first kappa shape index (κ1) is 45.4. The van der Waals surface area contributed by atoms with E-state index in [1.807, 2.05) is 0 Å². The number of hydrogen-bond acceptors (Lipinski definition) is 4. The third kappa shape index (κ3) is 37.1. The summed E-state index contributed by atoms with van der Waals surface area (Å²) in [5, 5.41) is 0. The van der Waals surface area contributed by atoms with Crippen LogP contribution in [0.4, 0.5) is 0 Å². The van der Waals surface area contributed by atoms with E-state index in [0.717, 1.165) is 38.8 Å². The molecule has 47 heavy (non-hydrogen) atoms. The first-order chi connectivity index (χ1) is 22.9. The van der Waals surface area contributed by atoms with Gasteiger partial charge in [0.05, 0.1) is 14.1 Å². The first-order valence-corrected chi connectivity index (χ1v) is 20.3. The maximum Gasteiger partial charge on any atom is 0.305 e. The molecule has 5 nitrogen and oxygen atoms in total. The van der Waals surface area contributed by atoms with Crippen molar-refractivity contribution in [3.63, 3.8) is 0 Å². The monoisotopic (exact) mass is 663 g/mol. The lowest BCUT2D eigenvalue weighted by molar-refractivity contribution is -0.890. The van der Waals surface area contributed by atoms with Crippen molar-refractivity contribution >= 4 is 11.9 Å². The van der Waals surface area contributed by atoms with Gasteiger partial charge in [-0.2, -0.15) is 0 Å². The molecule has 0 radical (unpaired) electrons. The van der Waals surface area contributed by atoms with E-state index in [0.29, 0.717) is 30.5 Å². The number of carbonyl (C=O) groups is 2. The Morgan fingerprint density at radius 2 is 0.702 bits per heavy atom. The molecular formula is C42H80NO4+. The van der Waals surface area contributed by atoms with Gasteiger partial charge in [0.25, 0.3) is 0 Å². The van der Waals surface area contributed by atoms with E-state index in [1.54, 1.807) is 0 Å². The summed E-state index contributed by atoms with van der Waals surface area (Å²) in [6.07, 6.45) is 43.1. The van der Waals surface area contributed by atoms with E-state index >= 15 is 0 Å². The largest absolute Gasteiger partial charge is 0.460 e. The summed E-state index contributed by atoms with van der Waals surface area (Å²) in [5.41, 5.74) is 0. The minimum absolute atomic E-state index is 0.0889. The second-order valence-corrected chi connectivity index (χ2v) is 14.5. The van der Waals surface area contributed by atoms with Crippen molar-refractivity contribution < 1.29 is 23.5 Å². The zero-order chi connectivity index (χ0) is 34.5. The number of unbranched alkanes of at least 4 members (excludes halogenated alkanes) is 22. The molecule has 0 aliphatic carbocycles. The summed E-state index contributed by atoms with van der Waals surface area (Å²) < 4.78 is 11.6.